The molecule has 1 aromatic rings. The van der Waals surface area contributed by atoms with Crippen molar-refractivity contribution in [2.45, 2.75) is 26.0 Å². The average molecular weight is 253 g/mol. The quantitative estimate of drug-likeness (QED) is 0.811. The molecule has 0 spiro atoms. The number of nitrogens with one attached hydrogen (secondary N) is 1. The summed E-state index contributed by atoms with van der Waals surface area (Å²) >= 11 is 1.90. The maximum Gasteiger partial charge on any atom is 0.158 e. The minimum Gasteiger partial charge on any atom is -0.368 e. The third kappa shape index (κ3) is 3.94. The van der Waals surface area contributed by atoms with E-state index in [0.717, 1.165) is 49.1 Å². The Morgan fingerprint density at radius 3 is 3.29 bits per heavy atom. The normalized spacial score (nSPS) is 20.4. The van der Waals surface area contributed by atoms with Crippen molar-refractivity contribution in [2.75, 3.05) is 24.7 Å². The Labute approximate surface area is 107 Å². The minimum atomic E-state index is 0.0693. The third-order valence-corrected chi connectivity index (χ3v) is 3.56. The standard InChI is InChI=1S/C12H19N3OS/c1-2-4-13-8-10-3-5-14-12(15-10)11-9-17-7-6-16-11/h3,5,11,13H,2,4,6-9H2,1H3. The molecule has 4 nitrogen and oxygen atoms in total. The van der Waals surface area contributed by atoms with Crippen molar-refractivity contribution in [3.63, 3.8) is 0 Å². The van der Waals surface area contributed by atoms with Crippen molar-refractivity contribution < 1.29 is 4.74 Å². The fraction of sp³-hybridized carbons (Fsp3) is 0.667. The van der Waals surface area contributed by atoms with Crippen LogP contribution in [0.2, 0.25) is 0 Å². The van der Waals surface area contributed by atoms with Gasteiger partial charge in [0.15, 0.2) is 5.82 Å². The molecule has 1 aliphatic heterocycles. The molecule has 1 N–H and O–H groups in total. The molecule has 0 amide bonds. The molecule has 1 atom stereocenters. The zero-order valence-electron chi connectivity index (χ0n) is 10.2. The Kier molecular flexibility index (Phi) is 5.22. The molecule has 0 aliphatic carbocycles. The molecule has 1 unspecified atom stereocenters. The average Bonchev–Trinajstić information content (AvgIpc) is 2.41. The van der Waals surface area contributed by atoms with Gasteiger partial charge in [0.25, 0.3) is 0 Å². The molecular weight excluding hydrogens is 234 g/mol. The third-order valence-electron chi connectivity index (χ3n) is 2.57. The van der Waals surface area contributed by atoms with Gasteiger partial charge in [-0.05, 0) is 19.0 Å². The molecular formula is C12H19N3OS. The van der Waals surface area contributed by atoms with Crippen LogP contribution < -0.4 is 5.32 Å². The van der Waals surface area contributed by atoms with E-state index in [0.29, 0.717) is 0 Å². The Morgan fingerprint density at radius 2 is 2.53 bits per heavy atom. The van der Waals surface area contributed by atoms with E-state index >= 15 is 0 Å². The Bertz CT molecular complexity index is 342. The van der Waals surface area contributed by atoms with Gasteiger partial charge in [-0.3, -0.25) is 0 Å². The molecule has 5 heteroatoms. The van der Waals surface area contributed by atoms with Gasteiger partial charge in [-0.2, -0.15) is 11.8 Å². The molecule has 0 radical (unpaired) electrons. The Hall–Kier alpha value is -0.650. The molecule has 2 rings (SSSR count). The van der Waals surface area contributed by atoms with E-state index in [9.17, 15) is 0 Å². The van der Waals surface area contributed by atoms with Gasteiger partial charge in [0, 0.05) is 24.2 Å². The molecule has 1 saturated heterocycles. The lowest BCUT2D eigenvalue weighted by molar-refractivity contribution is 0.0692. The van der Waals surface area contributed by atoms with Crippen molar-refractivity contribution in [3.8, 4) is 0 Å². The van der Waals surface area contributed by atoms with Crippen molar-refractivity contribution in [2.24, 2.45) is 0 Å². The Morgan fingerprint density at radius 1 is 1.59 bits per heavy atom. The van der Waals surface area contributed by atoms with Gasteiger partial charge in [0.05, 0.1) is 12.3 Å². The van der Waals surface area contributed by atoms with Gasteiger partial charge >= 0.3 is 0 Å². The highest BCUT2D eigenvalue weighted by atomic mass is 32.2. The van der Waals surface area contributed by atoms with E-state index in [4.69, 9.17) is 4.74 Å². The highest BCUT2D eigenvalue weighted by Crippen LogP contribution is 2.23. The number of nitrogens with zero attached hydrogens (tertiary/aromatic N) is 2. The number of hydrogen-bond donors (Lipinski definition) is 1. The predicted octanol–water partition coefficient (Wildman–Crippen LogP) is 1.78. The second-order valence-electron chi connectivity index (χ2n) is 4.02. The molecule has 2 heterocycles. The number of hydrogen-bond acceptors (Lipinski definition) is 5. The zero-order valence-corrected chi connectivity index (χ0v) is 11.0. The lowest BCUT2D eigenvalue weighted by atomic mass is 10.3. The first-order chi connectivity index (χ1) is 8.40. The zero-order chi connectivity index (χ0) is 11.9. The largest absolute Gasteiger partial charge is 0.368 e. The smallest absolute Gasteiger partial charge is 0.158 e. The number of aromatic nitrogens is 2. The van der Waals surface area contributed by atoms with Crippen molar-refractivity contribution >= 4 is 11.8 Å². The first kappa shape index (κ1) is 12.8. The van der Waals surface area contributed by atoms with E-state index in [1.807, 2.05) is 24.0 Å². The predicted molar refractivity (Wildman–Crippen MR) is 70.0 cm³/mol. The van der Waals surface area contributed by atoms with E-state index in [2.05, 4.69) is 22.2 Å². The van der Waals surface area contributed by atoms with Crippen LogP contribution in [0.5, 0.6) is 0 Å². The van der Waals surface area contributed by atoms with Crippen LogP contribution in [0.25, 0.3) is 0 Å². The van der Waals surface area contributed by atoms with Crippen LogP contribution in [-0.4, -0.2) is 34.6 Å². The summed E-state index contributed by atoms with van der Waals surface area (Å²) < 4.78 is 5.68. The molecule has 1 aliphatic rings. The van der Waals surface area contributed by atoms with Crippen molar-refractivity contribution in [1.29, 1.82) is 0 Å². The SMILES string of the molecule is CCCNCc1ccnc(C2CSCCO2)n1. The van der Waals surface area contributed by atoms with Gasteiger partial charge in [-0.25, -0.2) is 9.97 Å². The summed E-state index contributed by atoms with van der Waals surface area (Å²) in [6, 6.07) is 1.96. The first-order valence-electron chi connectivity index (χ1n) is 6.12. The summed E-state index contributed by atoms with van der Waals surface area (Å²) in [7, 11) is 0. The van der Waals surface area contributed by atoms with Gasteiger partial charge in [0.2, 0.25) is 0 Å². The summed E-state index contributed by atoms with van der Waals surface area (Å²) in [6.45, 7) is 4.79. The fourth-order valence-electron chi connectivity index (χ4n) is 1.70. The summed E-state index contributed by atoms with van der Waals surface area (Å²) in [5.41, 5.74) is 1.04. The van der Waals surface area contributed by atoms with Crippen LogP contribution in [0.3, 0.4) is 0 Å². The Balaban J connectivity index is 1.95. The summed E-state index contributed by atoms with van der Waals surface area (Å²) in [4.78, 5) is 8.87. The molecule has 1 fully saturated rings. The number of ether oxygens (including phenoxy) is 1. The van der Waals surface area contributed by atoms with Gasteiger partial charge in [-0.15, -0.1) is 0 Å². The van der Waals surface area contributed by atoms with Crippen LogP contribution in [0.1, 0.15) is 31.0 Å². The van der Waals surface area contributed by atoms with Crippen molar-refractivity contribution in [3.05, 3.63) is 23.8 Å². The van der Waals surface area contributed by atoms with Gasteiger partial charge in [-0.1, -0.05) is 6.92 Å². The molecule has 0 bridgehead atoms. The molecule has 1 aromatic heterocycles. The van der Waals surface area contributed by atoms with Crippen LogP contribution in [-0.2, 0) is 11.3 Å². The monoisotopic (exact) mass is 253 g/mol. The highest BCUT2D eigenvalue weighted by molar-refractivity contribution is 7.99. The van der Waals surface area contributed by atoms with Crippen molar-refractivity contribution in [1.82, 2.24) is 15.3 Å². The lowest BCUT2D eigenvalue weighted by Gasteiger charge is -2.21. The van der Waals surface area contributed by atoms with E-state index in [-0.39, 0.29) is 6.10 Å². The number of rotatable bonds is 5. The maximum absolute atomic E-state index is 5.68. The van der Waals surface area contributed by atoms with Gasteiger partial charge in [0.1, 0.15) is 6.10 Å². The number of thioether (sulfide) groups is 1. The van der Waals surface area contributed by atoms with Gasteiger partial charge < -0.3 is 10.1 Å². The van der Waals surface area contributed by atoms with Crippen LogP contribution >= 0.6 is 11.8 Å². The topological polar surface area (TPSA) is 47.0 Å². The fourth-order valence-corrected chi connectivity index (χ4v) is 2.54. The molecule has 0 saturated carbocycles. The van der Waals surface area contributed by atoms with E-state index < -0.39 is 0 Å². The van der Waals surface area contributed by atoms with E-state index in [1.165, 1.54) is 0 Å². The summed E-state index contributed by atoms with van der Waals surface area (Å²) in [5.74, 6) is 2.87. The summed E-state index contributed by atoms with van der Waals surface area (Å²) in [6.07, 6.45) is 3.04. The first-order valence-corrected chi connectivity index (χ1v) is 7.27. The van der Waals surface area contributed by atoms with Crippen LogP contribution in [0, 0.1) is 0 Å². The highest BCUT2D eigenvalue weighted by Gasteiger charge is 2.19. The van der Waals surface area contributed by atoms with Crippen LogP contribution in [0.15, 0.2) is 12.3 Å². The lowest BCUT2D eigenvalue weighted by Crippen LogP contribution is -2.20. The molecule has 0 aromatic carbocycles. The second kappa shape index (κ2) is 6.93. The maximum atomic E-state index is 5.68. The minimum absolute atomic E-state index is 0.0693. The van der Waals surface area contributed by atoms with E-state index in [1.54, 1.807) is 0 Å². The second-order valence-corrected chi connectivity index (χ2v) is 5.17. The van der Waals surface area contributed by atoms with Crippen LogP contribution in [0.4, 0.5) is 0 Å². The molecule has 94 valence electrons. The summed E-state index contributed by atoms with van der Waals surface area (Å²) in [5, 5.41) is 3.35. The molecule has 17 heavy (non-hydrogen) atoms.